The molecule has 0 aromatic carbocycles. The Morgan fingerprint density at radius 1 is 0.283 bits per heavy atom. The quantitative estimate of drug-likeness (QED) is 0.0447. The lowest BCUT2D eigenvalue weighted by Gasteiger charge is -2.25. The first kappa shape index (κ1) is 48.9. The Morgan fingerprint density at radius 2 is 0.472 bits per heavy atom. The number of carbonyl (C=O) groups is 4. The van der Waals surface area contributed by atoms with Gasteiger partial charge in [-0.05, 0) is 63.2 Å². The fourth-order valence-electron chi connectivity index (χ4n) is 8.43. The second kappa shape index (κ2) is 34.3. The van der Waals surface area contributed by atoms with Gasteiger partial charge in [-0.15, -0.1) is 0 Å². The molecule has 0 spiro atoms. The smallest absolute Gasteiger partial charge is 0.303 e. The van der Waals surface area contributed by atoms with Crippen LogP contribution in [0.1, 0.15) is 231 Å². The summed E-state index contributed by atoms with van der Waals surface area (Å²) >= 11 is 0. The highest BCUT2D eigenvalue weighted by atomic mass is 16.5. The minimum absolute atomic E-state index is 0.277. The zero-order valence-corrected chi connectivity index (χ0v) is 33.6. The molecule has 53 heavy (non-hydrogen) atoms. The molecule has 1 fully saturated rings. The van der Waals surface area contributed by atoms with E-state index < -0.39 is 23.9 Å². The highest BCUT2D eigenvalue weighted by molar-refractivity contribution is 5.67. The maximum absolute atomic E-state index is 10.8. The van der Waals surface area contributed by atoms with Crippen molar-refractivity contribution in [3.8, 4) is 0 Å². The predicted octanol–water partition coefficient (Wildman–Crippen LogP) is 12.4. The third-order valence-electron chi connectivity index (χ3n) is 11.5. The lowest BCUT2D eigenvalue weighted by Crippen LogP contribution is -2.23. The van der Waals surface area contributed by atoms with Crippen LogP contribution < -0.4 is 0 Å². The van der Waals surface area contributed by atoms with Crippen molar-refractivity contribution in [3.05, 3.63) is 0 Å². The molecule has 0 amide bonds. The van der Waals surface area contributed by atoms with Crippen LogP contribution in [-0.2, 0) is 23.9 Å². The Bertz CT molecular complexity index is 851. The van der Waals surface area contributed by atoms with Crippen LogP contribution in [0.4, 0.5) is 0 Å². The summed E-state index contributed by atoms with van der Waals surface area (Å²) in [5, 5.41) is 35.5. The Balaban J connectivity index is 2.69. The monoisotopic (exact) mass is 753 g/mol. The van der Waals surface area contributed by atoms with Crippen molar-refractivity contribution in [2.45, 2.75) is 243 Å². The van der Waals surface area contributed by atoms with Crippen molar-refractivity contribution in [3.63, 3.8) is 0 Å². The first-order valence-corrected chi connectivity index (χ1v) is 22.2. The topological polar surface area (TPSA) is 158 Å². The molecule has 0 aromatic rings. The van der Waals surface area contributed by atoms with Crippen LogP contribution in [0.3, 0.4) is 0 Å². The summed E-state index contributed by atoms with van der Waals surface area (Å²) < 4.78 is 7.03. The van der Waals surface area contributed by atoms with E-state index in [2.05, 4.69) is 0 Å². The first-order valence-electron chi connectivity index (χ1n) is 22.2. The molecule has 0 radical (unpaired) electrons. The highest BCUT2D eigenvalue weighted by Gasteiger charge is 2.42. The number of ether oxygens (including phenoxy) is 1. The maximum atomic E-state index is 10.8. The van der Waals surface area contributed by atoms with E-state index in [9.17, 15) is 19.2 Å². The van der Waals surface area contributed by atoms with Gasteiger partial charge in [-0.3, -0.25) is 19.2 Å². The lowest BCUT2D eigenvalue weighted by atomic mass is 9.78. The van der Waals surface area contributed by atoms with Gasteiger partial charge in [-0.1, -0.05) is 154 Å². The Morgan fingerprint density at radius 3 is 0.698 bits per heavy atom. The molecule has 9 nitrogen and oxygen atoms in total. The van der Waals surface area contributed by atoms with Crippen molar-refractivity contribution in [2.24, 2.45) is 11.8 Å². The molecule has 1 aliphatic heterocycles. The van der Waals surface area contributed by atoms with Crippen molar-refractivity contribution in [1.29, 1.82) is 0 Å². The first-order chi connectivity index (χ1) is 25.7. The Labute approximate surface area is 322 Å². The largest absolute Gasteiger partial charge is 0.481 e. The van der Waals surface area contributed by atoms with E-state index in [0.29, 0.717) is 24.0 Å². The molecule has 1 heterocycles. The number of carboxylic acids is 4. The van der Waals surface area contributed by atoms with Gasteiger partial charge in [0.25, 0.3) is 0 Å². The molecule has 1 aliphatic rings. The third-order valence-corrected chi connectivity index (χ3v) is 11.5. The van der Waals surface area contributed by atoms with Crippen molar-refractivity contribution in [1.82, 2.24) is 0 Å². The zero-order chi connectivity index (χ0) is 38.8. The molecule has 0 saturated carbocycles. The van der Waals surface area contributed by atoms with Gasteiger partial charge in [-0.2, -0.15) is 0 Å². The van der Waals surface area contributed by atoms with Gasteiger partial charge in [0.1, 0.15) is 0 Å². The molecule has 0 aromatic heterocycles. The van der Waals surface area contributed by atoms with Crippen LogP contribution in [0.25, 0.3) is 0 Å². The molecule has 1 rings (SSSR count). The lowest BCUT2D eigenvalue weighted by molar-refractivity contribution is -0.138. The SMILES string of the molecule is O=C(O)CCCCCCCCCC1OC(CCCCCCCCCC(=O)O)C(CCCCCCCCCC(=O)O)C1CCCCCCCCCC(=O)O. The molecule has 0 bridgehead atoms. The molecule has 4 unspecified atom stereocenters. The Hall–Kier alpha value is -2.16. The number of hydrogen-bond acceptors (Lipinski definition) is 5. The maximum Gasteiger partial charge on any atom is 0.303 e. The second-order valence-electron chi connectivity index (χ2n) is 16.2. The van der Waals surface area contributed by atoms with Crippen LogP contribution >= 0.6 is 0 Å². The summed E-state index contributed by atoms with van der Waals surface area (Å²) in [4.78, 5) is 43.1. The van der Waals surface area contributed by atoms with Crippen LogP contribution in [-0.4, -0.2) is 56.5 Å². The van der Waals surface area contributed by atoms with Gasteiger partial charge in [0.05, 0.1) is 12.2 Å². The van der Waals surface area contributed by atoms with E-state index in [0.717, 1.165) is 89.9 Å². The molecule has 4 atom stereocenters. The normalized spacial score (nSPS) is 18.4. The average Bonchev–Trinajstić information content (AvgIpc) is 3.43. The molecule has 4 N–H and O–H groups in total. The summed E-state index contributed by atoms with van der Waals surface area (Å²) in [6.07, 6.45) is 37.4. The molecule has 0 aliphatic carbocycles. The number of aliphatic carboxylic acids is 4. The number of carboxylic acid groups (broad SMARTS) is 4. The van der Waals surface area contributed by atoms with Gasteiger partial charge in [0, 0.05) is 25.7 Å². The van der Waals surface area contributed by atoms with Gasteiger partial charge >= 0.3 is 23.9 Å². The molecule has 1 saturated heterocycles. The third kappa shape index (κ3) is 29.8. The van der Waals surface area contributed by atoms with Crippen LogP contribution in [0.2, 0.25) is 0 Å². The standard InChI is InChI=1S/C44H80O9/c45-41(46)33-25-17-9-1-5-13-21-29-37-38(30-22-14-6-2-10-18-26-34-42(47)48)40(32-24-16-8-4-12-20-28-36-44(51)52)53-39(37)31-23-15-7-3-11-19-27-35-43(49)50/h37-40H,1-36H2,(H,45,46)(H,47,48)(H,49,50)(H,51,52). The molecule has 9 heteroatoms. The van der Waals surface area contributed by atoms with E-state index in [4.69, 9.17) is 25.2 Å². The minimum Gasteiger partial charge on any atom is -0.481 e. The van der Waals surface area contributed by atoms with Crippen LogP contribution in [0, 0.1) is 11.8 Å². The Kier molecular flexibility index (Phi) is 31.7. The minimum atomic E-state index is -0.698. The van der Waals surface area contributed by atoms with E-state index in [1.54, 1.807) is 0 Å². The average molecular weight is 753 g/mol. The van der Waals surface area contributed by atoms with E-state index in [-0.39, 0.29) is 25.7 Å². The van der Waals surface area contributed by atoms with Crippen LogP contribution in [0.15, 0.2) is 0 Å². The number of unbranched alkanes of at least 4 members (excludes halogenated alkanes) is 24. The number of hydrogen-bond donors (Lipinski definition) is 4. The molecular formula is C44H80O9. The zero-order valence-electron chi connectivity index (χ0n) is 33.6. The second-order valence-corrected chi connectivity index (χ2v) is 16.2. The van der Waals surface area contributed by atoms with Gasteiger partial charge in [0.15, 0.2) is 0 Å². The fraction of sp³-hybridized carbons (Fsp3) is 0.909. The van der Waals surface area contributed by atoms with E-state index in [1.807, 2.05) is 0 Å². The fourth-order valence-corrected chi connectivity index (χ4v) is 8.43. The summed E-state index contributed by atoms with van der Waals surface area (Å²) in [6.45, 7) is 0. The van der Waals surface area contributed by atoms with Crippen molar-refractivity contribution in [2.75, 3.05) is 0 Å². The summed E-state index contributed by atoms with van der Waals surface area (Å²) in [7, 11) is 0. The van der Waals surface area contributed by atoms with E-state index >= 15 is 0 Å². The van der Waals surface area contributed by atoms with E-state index in [1.165, 1.54) is 116 Å². The van der Waals surface area contributed by atoms with Gasteiger partial charge in [-0.25, -0.2) is 0 Å². The molecule has 310 valence electrons. The van der Waals surface area contributed by atoms with Crippen molar-refractivity contribution >= 4 is 23.9 Å². The summed E-state index contributed by atoms with van der Waals surface area (Å²) in [6, 6.07) is 0. The van der Waals surface area contributed by atoms with Gasteiger partial charge < -0.3 is 25.2 Å². The van der Waals surface area contributed by atoms with Crippen LogP contribution in [0.5, 0.6) is 0 Å². The number of rotatable bonds is 40. The van der Waals surface area contributed by atoms with Crippen molar-refractivity contribution < 1.29 is 44.3 Å². The predicted molar refractivity (Wildman–Crippen MR) is 212 cm³/mol. The summed E-state index contributed by atoms with van der Waals surface area (Å²) in [5.41, 5.74) is 0. The molecular weight excluding hydrogens is 672 g/mol. The van der Waals surface area contributed by atoms with Gasteiger partial charge in [0.2, 0.25) is 0 Å². The highest BCUT2D eigenvalue weighted by Crippen LogP contribution is 2.43. The summed E-state index contributed by atoms with van der Waals surface area (Å²) in [5.74, 6) is -1.57.